The number of rotatable bonds is 10. The fourth-order valence-corrected chi connectivity index (χ4v) is 4.23. The Kier molecular flexibility index (Phi) is 8.72. The van der Waals surface area contributed by atoms with Crippen LogP contribution in [0.2, 0.25) is 0 Å². The molecule has 0 saturated carbocycles. The summed E-state index contributed by atoms with van der Waals surface area (Å²) < 4.78 is 0. The van der Waals surface area contributed by atoms with E-state index in [4.69, 9.17) is 0 Å². The largest absolute Gasteiger partial charge is 0.366 e. The third-order valence-electron chi connectivity index (χ3n) is 5.92. The highest BCUT2D eigenvalue weighted by molar-refractivity contribution is 6.02. The molecule has 2 amide bonds. The second-order valence-corrected chi connectivity index (χ2v) is 9.01. The summed E-state index contributed by atoms with van der Waals surface area (Å²) >= 11 is 0. The van der Waals surface area contributed by atoms with Gasteiger partial charge in [0, 0.05) is 36.9 Å². The van der Waals surface area contributed by atoms with Crippen LogP contribution in [0.3, 0.4) is 0 Å². The molecule has 1 aliphatic rings. The Balaban J connectivity index is 1.74. The molecule has 1 aliphatic heterocycles. The summed E-state index contributed by atoms with van der Waals surface area (Å²) in [6.45, 7) is 7.74. The molecule has 0 fully saturated rings. The summed E-state index contributed by atoms with van der Waals surface area (Å²) in [6.07, 6.45) is 7.05. The molecule has 0 radical (unpaired) electrons. The van der Waals surface area contributed by atoms with Crippen molar-refractivity contribution in [1.82, 2.24) is 5.32 Å². The molecule has 0 aromatic heterocycles. The molecule has 2 aromatic rings. The Hall–Kier alpha value is -2.82. The molecule has 0 spiro atoms. The lowest BCUT2D eigenvalue weighted by atomic mass is 9.98. The van der Waals surface area contributed by atoms with Crippen LogP contribution in [0.15, 0.2) is 42.5 Å². The zero-order chi connectivity index (χ0) is 22.9. The SMILES string of the molecule is CCCCCCCC(=O)Nc1ccc(N2CCc3ccccc3C2)c(C(=O)NC(C)C)c1. The molecular weight excluding hydrogens is 398 g/mol. The predicted octanol–water partition coefficient (Wildman–Crippen LogP) is 5.69. The van der Waals surface area contributed by atoms with Gasteiger partial charge >= 0.3 is 0 Å². The maximum Gasteiger partial charge on any atom is 0.253 e. The zero-order valence-electron chi connectivity index (χ0n) is 19.7. The third kappa shape index (κ3) is 6.59. The lowest BCUT2D eigenvalue weighted by molar-refractivity contribution is -0.116. The first-order valence-corrected chi connectivity index (χ1v) is 12.0. The number of carbonyl (C=O) groups is 2. The number of carbonyl (C=O) groups excluding carboxylic acids is 2. The van der Waals surface area contributed by atoms with Crippen molar-refractivity contribution in [3.63, 3.8) is 0 Å². The van der Waals surface area contributed by atoms with Crippen molar-refractivity contribution in [2.24, 2.45) is 0 Å². The van der Waals surface area contributed by atoms with Gasteiger partial charge in [0.05, 0.1) is 5.56 Å². The van der Waals surface area contributed by atoms with Gasteiger partial charge in [0.25, 0.3) is 5.91 Å². The van der Waals surface area contributed by atoms with Gasteiger partial charge in [-0.05, 0) is 56.0 Å². The molecule has 2 aromatic carbocycles. The van der Waals surface area contributed by atoms with Gasteiger partial charge in [0.1, 0.15) is 0 Å². The minimum absolute atomic E-state index is 0.0105. The smallest absolute Gasteiger partial charge is 0.253 e. The van der Waals surface area contributed by atoms with Crippen LogP contribution in [0.4, 0.5) is 11.4 Å². The van der Waals surface area contributed by atoms with E-state index in [1.54, 1.807) is 0 Å². The Morgan fingerprint density at radius 2 is 1.75 bits per heavy atom. The first kappa shape index (κ1) is 23.8. The second kappa shape index (κ2) is 11.7. The number of anilines is 2. The molecule has 32 heavy (non-hydrogen) atoms. The summed E-state index contributed by atoms with van der Waals surface area (Å²) in [7, 11) is 0. The fourth-order valence-electron chi connectivity index (χ4n) is 4.23. The number of benzene rings is 2. The highest BCUT2D eigenvalue weighted by atomic mass is 16.2. The lowest BCUT2D eigenvalue weighted by Crippen LogP contribution is -2.35. The van der Waals surface area contributed by atoms with Crippen LogP contribution in [0.5, 0.6) is 0 Å². The number of nitrogens with zero attached hydrogens (tertiary/aromatic N) is 1. The molecule has 0 unspecified atom stereocenters. The number of fused-ring (bicyclic) bond motifs is 1. The Labute approximate surface area is 192 Å². The lowest BCUT2D eigenvalue weighted by Gasteiger charge is -2.32. The molecule has 0 saturated heterocycles. The van der Waals surface area contributed by atoms with Crippen LogP contribution in [0.25, 0.3) is 0 Å². The number of amides is 2. The Bertz CT molecular complexity index is 923. The Morgan fingerprint density at radius 3 is 2.50 bits per heavy atom. The molecule has 0 bridgehead atoms. The van der Waals surface area contributed by atoms with Crippen molar-refractivity contribution in [3.8, 4) is 0 Å². The van der Waals surface area contributed by atoms with Crippen molar-refractivity contribution >= 4 is 23.2 Å². The highest BCUT2D eigenvalue weighted by Gasteiger charge is 2.22. The molecule has 172 valence electrons. The first-order chi connectivity index (χ1) is 15.5. The molecule has 5 nitrogen and oxygen atoms in total. The van der Waals surface area contributed by atoms with Crippen molar-refractivity contribution < 1.29 is 9.59 Å². The number of hydrogen-bond acceptors (Lipinski definition) is 3. The number of nitrogens with one attached hydrogen (secondary N) is 2. The standard InChI is InChI=1S/C27H37N3O2/c1-4-5-6-7-8-13-26(31)29-23-14-15-25(24(18-23)27(32)28-20(2)3)30-17-16-21-11-9-10-12-22(21)19-30/h9-12,14-15,18,20H,4-8,13,16-17,19H2,1-3H3,(H,28,32)(H,29,31). The van der Waals surface area contributed by atoms with Crippen molar-refractivity contribution in [3.05, 3.63) is 59.2 Å². The average Bonchev–Trinajstić information content (AvgIpc) is 2.78. The number of hydrogen-bond donors (Lipinski definition) is 2. The summed E-state index contributed by atoms with van der Waals surface area (Å²) in [5.74, 6) is -0.0964. The van der Waals surface area contributed by atoms with E-state index in [1.807, 2.05) is 32.0 Å². The third-order valence-corrected chi connectivity index (χ3v) is 5.92. The van der Waals surface area contributed by atoms with E-state index in [0.29, 0.717) is 17.7 Å². The molecule has 1 heterocycles. The van der Waals surface area contributed by atoms with Crippen molar-refractivity contribution in [2.45, 2.75) is 78.3 Å². The van der Waals surface area contributed by atoms with E-state index in [-0.39, 0.29) is 17.9 Å². The van der Waals surface area contributed by atoms with Crippen LogP contribution < -0.4 is 15.5 Å². The first-order valence-electron chi connectivity index (χ1n) is 12.0. The van der Waals surface area contributed by atoms with Crippen LogP contribution in [-0.2, 0) is 17.8 Å². The maximum atomic E-state index is 13.0. The van der Waals surface area contributed by atoms with Crippen LogP contribution in [0, 0.1) is 0 Å². The van der Waals surface area contributed by atoms with E-state index in [1.165, 1.54) is 30.4 Å². The predicted molar refractivity (Wildman–Crippen MR) is 132 cm³/mol. The minimum Gasteiger partial charge on any atom is -0.366 e. The topological polar surface area (TPSA) is 61.4 Å². The van der Waals surface area contributed by atoms with Gasteiger partial charge in [-0.1, -0.05) is 56.9 Å². The second-order valence-electron chi connectivity index (χ2n) is 9.01. The van der Waals surface area contributed by atoms with Crippen molar-refractivity contribution in [1.29, 1.82) is 0 Å². The van der Waals surface area contributed by atoms with E-state index in [2.05, 4.69) is 46.7 Å². The highest BCUT2D eigenvalue weighted by Crippen LogP contribution is 2.30. The summed E-state index contributed by atoms with van der Waals surface area (Å²) in [4.78, 5) is 27.7. The van der Waals surface area contributed by atoms with Gasteiger partial charge in [-0.15, -0.1) is 0 Å². The normalized spacial score (nSPS) is 13.1. The van der Waals surface area contributed by atoms with E-state index in [0.717, 1.165) is 38.0 Å². The summed E-state index contributed by atoms with van der Waals surface area (Å²) in [5.41, 5.74) is 4.88. The maximum absolute atomic E-state index is 13.0. The van der Waals surface area contributed by atoms with Crippen molar-refractivity contribution in [2.75, 3.05) is 16.8 Å². The summed E-state index contributed by atoms with van der Waals surface area (Å²) in [6, 6.07) is 14.2. The summed E-state index contributed by atoms with van der Waals surface area (Å²) in [5, 5.41) is 6.00. The Morgan fingerprint density at radius 1 is 1.00 bits per heavy atom. The van der Waals surface area contributed by atoms with E-state index in [9.17, 15) is 9.59 Å². The van der Waals surface area contributed by atoms with Gasteiger partial charge in [0.15, 0.2) is 0 Å². The van der Waals surface area contributed by atoms with Gasteiger partial charge in [-0.3, -0.25) is 9.59 Å². The molecule has 0 aliphatic carbocycles. The average molecular weight is 436 g/mol. The van der Waals surface area contributed by atoms with Gasteiger partial charge < -0.3 is 15.5 Å². The molecule has 2 N–H and O–H groups in total. The fraction of sp³-hybridized carbons (Fsp3) is 0.481. The van der Waals surface area contributed by atoms with E-state index < -0.39 is 0 Å². The quantitative estimate of drug-likeness (QED) is 0.472. The van der Waals surface area contributed by atoms with Gasteiger partial charge in [0.2, 0.25) is 5.91 Å². The van der Waals surface area contributed by atoms with Gasteiger partial charge in [-0.2, -0.15) is 0 Å². The molecule has 5 heteroatoms. The number of unbranched alkanes of at least 4 members (excludes halogenated alkanes) is 4. The molecule has 3 rings (SSSR count). The molecule has 0 atom stereocenters. The van der Waals surface area contributed by atoms with Crippen LogP contribution in [0.1, 0.15) is 80.8 Å². The minimum atomic E-state index is -0.107. The van der Waals surface area contributed by atoms with Crippen LogP contribution >= 0.6 is 0 Å². The molecular formula is C27H37N3O2. The van der Waals surface area contributed by atoms with E-state index >= 15 is 0 Å². The monoisotopic (exact) mass is 435 g/mol. The zero-order valence-corrected chi connectivity index (χ0v) is 19.7. The van der Waals surface area contributed by atoms with Gasteiger partial charge in [-0.25, -0.2) is 0 Å². The van der Waals surface area contributed by atoms with Crippen LogP contribution in [-0.4, -0.2) is 24.4 Å².